The normalized spacial score (nSPS) is 20.0. The van der Waals surface area contributed by atoms with Crippen molar-refractivity contribution in [3.05, 3.63) is 71.7 Å². The highest BCUT2D eigenvalue weighted by molar-refractivity contribution is 5.99. The zero-order chi connectivity index (χ0) is 25.4. The van der Waals surface area contributed by atoms with E-state index in [1.807, 2.05) is 4.90 Å². The third-order valence-corrected chi connectivity index (χ3v) is 6.72. The second-order valence-electron chi connectivity index (χ2n) is 8.87. The summed E-state index contributed by atoms with van der Waals surface area (Å²) in [6.07, 6.45) is -3.60. The lowest BCUT2D eigenvalue weighted by Crippen LogP contribution is -2.49. The van der Waals surface area contributed by atoms with Crippen molar-refractivity contribution in [3.63, 3.8) is 0 Å². The van der Waals surface area contributed by atoms with E-state index >= 15 is 0 Å². The lowest BCUT2D eigenvalue weighted by molar-refractivity contribution is -0.173. The average molecular weight is 504 g/mol. The van der Waals surface area contributed by atoms with Crippen molar-refractivity contribution in [2.45, 2.75) is 24.7 Å². The molecule has 0 bridgehead atoms. The first kappa shape index (κ1) is 24.0. The molecule has 2 aliphatic heterocycles. The van der Waals surface area contributed by atoms with Crippen LogP contribution < -0.4 is 15.0 Å². The highest BCUT2D eigenvalue weighted by Crippen LogP contribution is 2.44. The maximum Gasteiger partial charge on any atom is 0.410 e. The highest BCUT2D eigenvalue weighted by Gasteiger charge is 2.47. The number of anilines is 2. The number of carbonyl (C=O) groups is 1. The van der Waals surface area contributed by atoms with Gasteiger partial charge >= 0.3 is 6.18 Å². The molecule has 1 amide bonds. The maximum absolute atomic E-state index is 14.0. The number of methoxy groups -OCH3 is 1. The van der Waals surface area contributed by atoms with Gasteiger partial charge in [0.15, 0.2) is 6.04 Å². The molecule has 11 heteroatoms. The van der Waals surface area contributed by atoms with Gasteiger partial charge < -0.3 is 19.9 Å². The molecule has 1 saturated heterocycles. The zero-order valence-electron chi connectivity index (χ0n) is 19.5. The lowest BCUT2D eigenvalue weighted by Gasteiger charge is -2.37. The monoisotopic (exact) mass is 503 g/mol. The number of nitrogens with one attached hydrogen (secondary N) is 1. The summed E-state index contributed by atoms with van der Waals surface area (Å²) >= 11 is 0. The third-order valence-electron chi connectivity index (χ3n) is 6.72. The van der Waals surface area contributed by atoms with E-state index in [2.05, 4.69) is 10.4 Å². The zero-order valence-corrected chi connectivity index (χ0v) is 19.5. The topological polar surface area (TPSA) is 62.6 Å². The number of hydrogen-bond acceptors (Lipinski definition) is 5. The smallest absolute Gasteiger partial charge is 0.410 e. The number of piperazine rings is 1. The third kappa shape index (κ3) is 4.57. The Morgan fingerprint density at radius 2 is 1.81 bits per heavy atom. The van der Waals surface area contributed by atoms with Gasteiger partial charge in [-0.1, -0.05) is 12.1 Å². The molecular formula is C25H25F4N5O2. The van der Waals surface area contributed by atoms with Crippen molar-refractivity contribution in [1.82, 2.24) is 14.7 Å². The number of carbonyl (C=O) groups excluding carboxylic acids is 1. The minimum absolute atomic E-state index is 0.0577. The molecule has 2 aromatic carbocycles. The van der Waals surface area contributed by atoms with Gasteiger partial charge in [0.1, 0.15) is 22.9 Å². The molecule has 3 heterocycles. The van der Waals surface area contributed by atoms with E-state index in [1.54, 1.807) is 41.3 Å². The first-order valence-corrected chi connectivity index (χ1v) is 11.6. The van der Waals surface area contributed by atoms with Gasteiger partial charge in [0.25, 0.3) is 5.91 Å². The van der Waals surface area contributed by atoms with Crippen LogP contribution in [0.2, 0.25) is 0 Å². The Balaban J connectivity index is 1.38. The molecule has 36 heavy (non-hydrogen) atoms. The van der Waals surface area contributed by atoms with Crippen LogP contribution in [0.4, 0.5) is 29.1 Å². The molecule has 1 N–H and O–H groups in total. The lowest BCUT2D eigenvalue weighted by atomic mass is 9.96. The van der Waals surface area contributed by atoms with Crippen LogP contribution in [0, 0.1) is 5.82 Å². The Morgan fingerprint density at radius 1 is 1.08 bits per heavy atom. The first-order chi connectivity index (χ1) is 17.2. The summed E-state index contributed by atoms with van der Waals surface area (Å²) in [7, 11) is 1.49. The molecule has 1 fully saturated rings. The van der Waals surface area contributed by atoms with Crippen molar-refractivity contribution in [3.8, 4) is 5.75 Å². The molecule has 190 valence electrons. The molecule has 0 radical (unpaired) electrons. The number of aromatic nitrogens is 2. The molecule has 0 aliphatic carbocycles. The second kappa shape index (κ2) is 9.36. The number of halogens is 4. The largest absolute Gasteiger partial charge is 0.497 e. The highest BCUT2D eigenvalue weighted by atomic mass is 19.4. The number of ether oxygens (including phenoxy) is 1. The van der Waals surface area contributed by atoms with Crippen LogP contribution in [0.5, 0.6) is 5.75 Å². The summed E-state index contributed by atoms with van der Waals surface area (Å²) in [6.45, 7) is 1.80. The minimum atomic E-state index is -4.54. The predicted octanol–water partition coefficient (Wildman–Crippen LogP) is 4.65. The fraction of sp³-hybridized carbons (Fsp3) is 0.360. The summed E-state index contributed by atoms with van der Waals surface area (Å²) in [4.78, 5) is 17.0. The number of fused-ring (bicyclic) bond motifs is 1. The van der Waals surface area contributed by atoms with E-state index in [9.17, 15) is 22.4 Å². The van der Waals surface area contributed by atoms with E-state index in [0.717, 1.165) is 10.4 Å². The van der Waals surface area contributed by atoms with Gasteiger partial charge in [-0.25, -0.2) is 9.07 Å². The van der Waals surface area contributed by atoms with Crippen LogP contribution in [0.1, 0.15) is 34.4 Å². The van der Waals surface area contributed by atoms with Crippen LogP contribution in [-0.2, 0) is 0 Å². The van der Waals surface area contributed by atoms with Gasteiger partial charge in [-0.05, 0) is 42.0 Å². The van der Waals surface area contributed by atoms with Crippen molar-refractivity contribution >= 4 is 17.4 Å². The fourth-order valence-electron chi connectivity index (χ4n) is 4.79. The molecule has 7 nitrogen and oxygen atoms in total. The summed E-state index contributed by atoms with van der Waals surface area (Å²) in [5.41, 5.74) is 1.58. The average Bonchev–Trinajstić information content (AvgIpc) is 3.31. The van der Waals surface area contributed by atoms with Crippen LogP contribution in [-0.4, -0.2) is 60.1 Å². The van der Waals surface area contributed by atoms with E-state index in [1.165, 1.54) is 25.4 Å². The van der Waals surface area contributed by atoms with Gasteiger partial charge in [0.2, 0.25) is 0 Å². The summed E-state index contributed by atoms with van der Waals surface area (Å²) in [5, 5.41) is 7.10. The molecule has 0 saturated carbocycles. The number of nitrogens with zero attached hydrogens (tertiary/aromatic N) is 4. The molecule has 0 spiro atoms. The van der Waals surface area contributed by atoms with Gasteiger partial charge in [-0.2, -0.15) is 18.3 Å². The molecule has 5 rings (SSSR count). The molecule has 2 unspecified atom stereocenters. The van der Waals surface area contributed by atoms with Gasteiger partial charge in [0, 0.05) is 38.3 Å². The van der Waals surface area contributed by atoms with E-state index in [-0.39, 0.29) is 29.5 Å². The molecule has 3 aromatic rings. The number of alkyl halides is 3. The number of hydrogen-bond donors (Lipinski definition) is 1. The van der Waals surface area contributed by atoms with Gasteiger partial charge in [-0.15, -0.1) is 0 Å². The molecule has 2 aliphatic rings. The Hall–Kier alpha value is -3.76. The van der Waals surface area contributed by atoms with E-state index < -0.39 is 18.3 Å². The quantitative estimate of drug-likeness (QED) is 0.525. The first-order valence-electron chi connectivity index (χ1n) is 11.6. The van der Waals surface area contributed by atoms with E-state index in [4.69, 9.17) is 4.74 Å². The van der Waals surface area contributed by atoms with Crippen molar-refractivity contribution < 1.29 is 27.1 Å². The molecular weight excluding hydrogens is 478 g/mol. The number of rotatable bonds is 4. The van der Waals surface area contributed by atoms with Gasteiger partial charge in [-0.3, -0.25) is 4.79 Å². The van der Waals surface area contributed by atoms with Crippen LogP contribution >= 0.6 is 0 Å². The van der Waals surface area contributed by atoms with E-state index in [0.29, 0.717) is 37.5 Å². The Bertz CT molecular complexity index is 1240. The van der Waals surface area contributed by atoms with Crippen LogP contribution in [0.25, 0.3) is 0 Å². The van der Waals surface area contributed by atoms with Crippen molar-refractivity contribution in [1.29, 1.82) is 0 Å². The SMILES string of the molecule is COc1cccc(C2CC(C(F)(F)F)n3ncc(C(=O)N4CCN(c5ccc(F)cc5)CC4)c3N2)c1. The van der Waals surface area contributed by atoms with Crippen LogP contribution in [0.3, 0.4) is 0 Å². The van der Waals surface area contributed by atoms with Gasteiger partial charge in [0.05, 0.1) is 19.3 Å². The Labute approximate surface area is 205 Å². The van der Waals surface area contributed by atoms with Crippen LogP contribution in [0.15, 0.2) is 54.7 Å². The minimum Gasteiger partial charge on any atom is -0.497 e. The molecule has 2 atom stereocenters. The summed E-state index contributed by atoms with van der Waals surface area (Å²) < 4.78 is 61.4. The van der Waals surface area contributed by atoms with Crippen molar-refractivity contribution in [2.75, 3.05) is 43.5 Å². The maximum atomic E-state index is 14.0. The standard InChI is InChI=1S/C25H25F4N5O2/c1-36-19-4-2-3-16(13-19)21-14-22(25(27,28)29)34-23(31-21)20(15-30-34)24(35)33-11-9-32(10-12-33)18-7-5-17(26)6-8-18/h2-8,13,15,21-22,31H,9-12,14H2,1H3. The molecule has 1 aromatic heterocycles. The summed E-state index contributed by atoms with van der Waals surface area (Å²) in [5.74, 6) is -0.111. The Morgan fingerprint density at radius 3 is 2.47 bits per heavy atom. The summed E-state index contributed by atoms with van der Waals surface area (Å²) in [6, 6.07) is 10.4. The number of amides is 1. The predicted molar refractivity (Wildman–Crippen MR) is 126 cm³/mol. The number of benzene rings is 2. The fourth-order valence-corrected chi connectivity index (χ4v) is 4.79. The Kier molecular flexibility index (Phi) is 6.23. The van der Waals surface area contributed by atoms with Crippen molar-refractivity contribution in [2.24, 2.45) is 0 Å². The second-order valence-corrected chi connectivity index (χ2v) is 8.87.